The number of terminal acetylenes is 1. The normalized spacial score (nSPS) is 14.4. The van der Waals surface area contributed by atoms with Gasteiger partial charge in [0, 0.05) is 11.8 Å². The van der Waals surface area contributed by atoms with Crippen molar-refractivity contribution in [2.24, 2.45) is 5.92 Å². The molecule has 14 heavy (non-hydrogen) atoms. The molecule has 0 radical (unpaired) electrons. The summed E-state index contributed by atoms with van der Waals surface area (Å²) in [6.45, 7) is 2.23. The molecule has 1 heteroatoms. The third-order valence-corrected chi connectivity index (χ3v) is 3.52. The van der Waals surface area contributed by atoms with Crippen LogP contribution in [-0.4, -0.2) is 5.33 Å². The van der Waals surface area contributed by atoms with Crippen LogP contribution >= 0.6 is 15.9 Å². The predicted molar refractivity (Wildman–Crippen MR) is 65.6 cm³/mol. The molecule has 0 aromatic heterocycles. The maximum Gasteiger partial charge on any atom is 0.0158 e. The average molecular weight is 251 g/mol. The van der Waals surface area contributed by atoms with E-state index in [1.165, 1.54) is 5.56 Å². The van der Waals surface area contributed by atoms with Gasteiger partial charge in [0.1, 0.15) is 0 Å². The summed E-state index contributed by atoms with van der Waals surface area (Å²) in [5.41, 5.74) is 1.34. The van der Waals surface area contributed by atoms with E-state index in [2.05, 4.69) is 53.0 Å². The first kappa shape index (κ1) is 11.3. The molecule has 0 unspecified atom stereocenters. The summed E-state index contributed by atoms with van der Waals surface area (Å²) >= 11 is 3.51. The van der Waals surface area contributed by atoms with Gasteiger partial charge in [-0.2, -0.15) is 0 Å². The summed E-state index contributed by atoms with van der Waals surface area (Å²) < 4.78 is 0. The Kier molecular flexibility index (Phi) is 4.76. The quantitative estimate of drug-likeness (QED) is 0.563. The molecule has 2 atom stereocenters. The number of benzene rings is 1. The molecule has 74 valence electrons. The van der Waals surface area contributed by atoms with E-state index in [1.54, 1.807) is 0 Å². The molecule has 0 N–H and O–H groups in total. The molecule has 0 saturated carbocycles. The molecular formula is C13H15Br. The molecule has 0 nitrogen and oxygen atoms in total. The molecular weight excluding hydrogens is 236 g/mol. The Morgan fingerprint density at radius 1 is 1.36 bits per heavy atom. The van der Waals surface area contributed by atoms with Gasteiger partial charge >= 0.3 is 0 Å². The molecule has 0 aliphatic rings. The summed E-state index contributed by atoms with van der Waals surface area (Å²) in [5, 5.41) is 0.994. The van der Waals surface area contributed by atoms with Crippen molar-refractivity contribution < 1.29 is 0 Å². The number of rotatable bonds is 4. The van der Waals surface area contributed by atoms with E-state index in [9.17, 15) is 0 Å². The lowest BCUT2D eigenvalue weighted by Crippen LogP contribution is -2.10. The zero-order valence-electron chi connectivity index (χ0n) is 8.41. The van der Waals surface area contributed by atoms with E-state index in [4.69, 9.17) is 6.42 Å². The molecule has 1 aromatic rings. The van der Waals surface area contributed by atoms with Crippen LogP contribution in [0.25, 0.3) is 0 Å². The van der Waals surface area contributed by atoms with Crippen molar-refractivity contribution in [1.82, 2.24) is 0 Å². The van der Waals surface area contributed by atoms with Crippen molar-refractivity contribution in [3.8, 4) is 12.3 Å². The van der Waals surface area contributed by atoms with Crippen LogP contribution in [0.2, 0.25) is 0 Å². The fourth-order valence-corrected chi connectivity index (χ4v) is 2.03. The summed E-state index contributed by atoms with van der Waals surface area (Å²) in [4.78, 5) is 0. The monoisotopic (exact) mass is 250 g/mol. The molecule has 0 aliphatic carbocycles. The molecule has 1 aromatic carbocycles. The first-order valence-corrected chi connectivity index (χ1v) is 5.96. The van der Waals surface area contributed by atoms with Crippen molar-refractivity contribution in [1.29, 1.82) is 0 Å². The van der Waals surface area contributed by atoms with Gasteiger partial charge in [-0.15, -0.1) is 12.3 Å². The van der Waals surface area contributed by atoms with Gasteiger partial charge in [0.05, 0.1) is 0 Å². The third kappa shape index (κ3) is 2.89. The van der Waals surface area contributed by atoms with Crippen LogP contribution in [-0.2, 0) is 0 Å². The van der Waals surface area contributed by atoms with Gasteiger partial charge in [-0.3, -0.25) is 0 Å². The minimum absolute atomic E-state index is 0.473. The average Bonchev–Trinajstić information content (AvgIpc) is 2.26. The standard InChI is InChI=1S/C13H15Br/c1-3-7-13(11(2)10-14)12-8-5-4-6-9-12/h1,4-6,8-9,11,13H,7,10H2,2H3/t11-,13+/m0/s1. The predicted octanol–water partition coefficient (Wildman–Crippen LogP) is 3.82. The zero-order chi connectivity index (χ0) is 10.4. The summed E-state index contributed by atoms with van der Waals surface area (Å²) in [5.74, 6) is 3.81. The van der Waals surface area contributed by atoms with Crippen LogP contribution < -0.4 is 0 Å². The highest BCUT2D eigenvalue weighted by atomic mass is 79.9. The maximum atomic E-state index is 5.39. The fraction of sp³-hybridized carbons (Fsp3) is 0.385. The summed E-state index contributed by atoms with van der Waals surface area (Å²) in [6, 6.07) is 10.5. The van der Waals surface area contributed by atoms with E-state index in [1.807, 2.05) is 6.07 Å². The lowest BCUT2D eigenvalue weighted by molar-refractivity contribution is 0.519. The van der Waals surface area contributed by atoms with E-state index in [-0.39, 0.29) is 0 Å². The number of alkyl halides is 1. The molecule has 1 rings (SSSR count). The van der Waals surface area contributed by atoms with Crippen molar-refractivity contribution >= 4 is 15.9 Å². The van der Waals surface area contributed by atoms with Gasteiger partial charge in [-0.1, -0.05) is 53.2 Å². The highest BCUT2D eigenvalue weighted by Gasteiger charge is 2.16. The van der Waals surface area contributed by atoms with Gasteiger partial charge in [0.2, 0.25) is 0 Å². The van der Waals surface area contributed by atoms with Crippen LogP contribution in [0.15, 0.2) is 30.3 Å². The second kappa shape index (κ2) is 5.88. The van der Waals surface area contributed by atoms with E-state index in [0.717, 1.165) is 11.8 Å². The Hall–Kier alpha value is -0.740. The van der Waals surface area contributed by atoms with E-state index >= 15 is 0 Å². The number of halogens is 1. The topological polar surface area (TPSA) is 0 Å². The lowest BCUT2D eigenvalue weighted by atomic mass is 9.86. The highest BCUT2D eigenvalue weighted by Crippen LogP contribution is 2.28. The molecule has 0 aliphatic heterocycles. The minimum atomic E-state index is 0.473. The maximum absolute atomic E-state index is 5.39. The zero-order valence-corrected chi connectivity index (χ0v) is 10.00. The van der Waals surface area contributed by atoms with E-state index < -0.39 is 0 Å². The first-order chi connectivity index (χ1) is 6.79. The lowest BCUT2D eigenvalue weighted by Gasteiger charge is -2.20. The van der Waals surface area contributed by atoms with Crippen LogP contribution in [0.5, 0.6) is 0 Å². The Morgan fingerprint density at radius 2 is 2.00 bits per heavy atom. The molecule has 0 spiro atoms. The van der Waals surface area contributed by atoms with Crippen molar-refractivity contribution in [3.05, 3.63) is 35.9 Å². The SMILES string of the molecule is C#CC[C@@H](c1ccccc1)[C@@H](C)CBr. The second-order valence-electron chi connectivity index (χ2n) is 3.56. The van der Waals surface area contributed by atoms with Crippen LogP contribution in [0.4, 0.5) is 0 Å². The van der Waals surface area contributed by atoms with Gasteiger partial charge in [-0.05, 0) is 17.4 Å². The second-order valence-corrected chi connectivity index (χ2v) is 4.20. The minimum Gasteiger partial charge on any atom is -0.120 e. The summed E-state index contributed by atoms with van der Waals surface area (Å²) in [7, 11) is 0. The first-order valence-electron chi connectivity index (χ1n) is 4.84. The summed E-state index contributed by atoms with van der Waals surface area (Å²) in [6.07, 6.45) is 6.21. The van der Waals surface area contributed by atoms with Gasteiger partial charge < -0.3 is 0 Å². The van der Waals surface area contributed by atoms with Gasteiger partial charge in [0.25, 0.3) is 0 Å². The molecule has 0 fully saturated rings. The molecule has 0 saturated heterocycles. The van der Waals surface area contributed by atoms with Gasteiger partial charge in [0.15, 0.2) is 0 Å². The Morgan fingerprint density at radius 3 is 2.50 bits per heavy atom. The van der Waals surface area contributed by atoms with Crippen LogP contribution in [0.3, 0.4) is 0 Å². The highest BCUT2D eigenvalue weighted by molar-refractivity contribution is 9.09. The Bertz CT molecular complexity index is 297. The largest absolute Gasteiger partial charge is 0.120 e. The number of hydrogen-bond acceptors (Lipinski definition) is 0. The van der Waals surface area contributed by atoms with Crippen molar-refractivity contribution in [2.45, 2.75) is 19.3 Å². The molecule has 0 bridgehead atoms. The smallest absolute Gasteiger partial charge is 0.0158 e. The Labute approximate surface area is 94.9 Å². The molecule has 0 heterocycles. The van der Waals surface area contributed by atoms with E-state index in [0.29, 0.717) is 11.8 Å². The van der Waals surface area contributed by atoms with Crippen molar-refractivity contribution in [2.75, 3.05) is 5.33 Å². The van der Waals surface area contributed by atoms with Gasteiger partial charge in [-0.25, -0.2) is 0 Å². The third-order valence-electron chi connectivity index (χ3n) is 2.50. The number of hydrogen-bond donors (Lipinski definition) is 0. The van der Waals surface area contributed by atoms with Crippen molar-refractivity contribution in [3.63, 3.8) is 0 Å². The fourth-order valence-electron chi connectivity index (χ4n) is 1.58. The van der Waals surface area contributed by atoms with Crippen LogP contribution in [0, 0.1) is 18.3 Å². The Balaban J connectivity index is 2.84. The van der Waals surface area contributed by atoms with Crippen LogP contribution in [0.1, 0.15) is 24.8 Å². The molecule has 0 amide bonds.